The number of aliphatic hydroxyl groups excluding tert-OH is 1. The average molecular weight is 172 g/mol. The van der Waals surface area contributed by atoms with Crippen molar-refractivity contribution in [2.75, 3.05) is 5.06 Å². The summed E-state index contributed by atoms with van der Waals surface area (Å²) in [6.07, 6.45) is 1.13. The first kappa shape index (κ1) is 6.73. The molecule has 2 rings (SSSR count). The van der Waals surface area contributed by atoms with Gasteiger partial charge in [0.15, 0.2) is 0 Å². The molecule has 8 heteroatoms. The second-order valence-corrected chi connectivity index (χ2v) is 1.97. The van der Waals surface area contributed by atoms with Crippen LogP contribution in [-0.2, 0) is 4.94 Å². The number of hydroxylamine groups is 2. The first-order valence-electron chi connectivity index (χ1n) is 2.95. The molecule has 0 radical (unpaired) electrons. The Morgan fingerprint density at radius 2 is 2.50 bits per heavy atom. The van der Waals surface area contributed by atoms with Crippen LogP contribution in [0.25, 0.3) is 0 Å². The van der Waals surface area contributed by atoms with Crippen molar-refractivity contribution in [2.24, 2.45) is 0 Å². The highest BCUT2D eigenvalue weighted by molar-refractivity contribution is 5.35. The van der Waals surface area contributed by atoms with Gasteiger partial charge in [0.1, 0.15) is 0 Å². The number of aliphatic hydroxyl groups is 1. The smallest absolute Gasteiger partial charge is 0.327 e. The van der Waals surface area contributed by atoms with Crippen molar-refractivity contribution in [2.45, 2.75) is 0 Å². The van der Waals surface area contributed by atoms with E-state index in [1.807, 2.05) is 5.16 Å². The SMILES string of the molecule is O=c1[nH]onc1N1C=C(O)NO1. The molecule has 0 spiro atoms. The lowest BCUT2D eigenvalue weighted by Gasteiger charge is -2.03. The van der Waals surface area contributed by atoms with E-state index in [0.29, 0.717) is 0 Å². The van der Waals surface area contributed by atoms with E-state index < -0.39 is 5.56 Å². The summed E-state index contributed by atoms with van der Waals surface area (Å²) in [4.78, 5) is 15.4. The number of rotatable bonds is 1. The summed E-state index contributed by atoms with van der Waals surface area (Å²) < 4.78 is 4.25. The minimum atomic E-state index is -0.553. The second-order valence-electron chi connectivity index (χ2n) is 1.97. The van der Waals surface area contributed by atoms with Crippen molar-refractivity contribution in [3.63, 3.8) is 0 Å². The minimum absolute atomic E-state index is 0.105. The maximum Gasteiger partial charge on any atom is 0.327 e. The Kier molecular flexibility index (Phi) is 1.27. The van der Waals surface area contributed by atoms with Crippen LogP contribution in [-0.4, -0.2) is 15.4 Å². The van der Waals surface area contributed by atoms with Crippen LogP contribution in [0.15, 0.2) is 21.5 Å². The van der Waals surface area contributed by atoms with Crippen LogP contribution >= 0.6 is 0 Å². The third kappa shape index (κ3) is 0.900. The van der Waals surface area contributed by atoms with Crippen molar-refractivity contribution in [1.82, 2.24) is 15.8 Å². The highest BCUT2D eigenvalue weighted by atomic mass is 16.8. The minimum Gasteiger partial charge on any atom is -0.492 e. The molecule has 0 fully saturated rings. The molecular weight excluding hydrogens is 168 g/mol. The van der Waals surface area contributed by atoms with Gasteiger partial charge in [-0.3, -0.25) is 9.42 Å². The highest BCUT2D eigenvalue weighted by Gasteiger charge is 2.19. The zero-order chi connectivity index (χ0) is 8.55. The summed E-state index contributed by atoms with van der Waals surface area (Å²) in [6, 6.07) is 0. The molecule has 8 nitrogen and oxygen atoms in total. The molecule has 0 aromatic carbocycles. The number of nitrogens with zero attached hydrogens (tertiary/aromatic N) is 2. The van der Waals surface area contributed by atoms with Crippen molar-refractivity contribution >= 4 is 5.82 Å². The Hall–Kier alpha value is -1.96. The van der Waals surface area contributed by atoms with Crippen LogP contribution in [0.2, 0.25) is 0 Å². The molecule has 1 aromatic rings. The molecule has 1 aliphatic heterocycles. The fraction of sp³-hybridized carbons (Fsp3) is 0. The first-order chi connectivity index (χ1) is 5.77. The number of hydrogen-bond donors (Lipinski definition) is 3. The van der Waals surface area contributed by atoms with Gasteiger partial charge < -0.3 is 5.11 Å². The Morgan fingerprint density at radius 3 is 3.00 bits per heavy atom. The molecule has 0 unspecified atom stereocenters. The maximum atomic E-state index is 10.8. The van der Waals surface area contributed by atoms with E-state index in [-0.39, 0.29) is 11.7 Å². The van der Waals surface area contributed by atoms with Gasteiger partial charge in [0.05, 0.1) is 6.20 Å². The predicted molar refractivity (Wildman–Crippen MR) is 34.5 cm³/mol. The lowest BCUT2D eigenvalue weighted by molar-refractivity contribution is 0.0578. The number of H-pyrrole nitrogens is 1. The molecular formula is C4H4N4O4. The fourth-order valence-corrected chi connectivity index (χ4v) is 0.699. The van der Waals surface area contributed by atoms with Gasteiger partial charge in [-0.25, -0.2) is 5.48 Å². The monoisotopic (exact) mass is 172 g/mol. The van der Waals surface area contributed by atoms with Crippen molar-refractivity contribution in [3.05, 3.63) is 22.4 Å². The third-order valence-electron chi connectivity index (χ3n) is 1.17. The van der Waals surface area contributed by atoms with Crippen LogP contribution in [0.4, 0.5) is 5.82 Å². The number of anilines is 1. The van der Waals surface area contributed by atoms with Gasteiger partial charge in [0.25, 0.3) is 5.82 Å². The summed E-state index contributed by atoms with van der Waals surface area (Å²) in [5, 5.41) is 15.0. The molecule has 0 atom stereocenters. The van der Waals surface area contributed by atoms with E-state index in [1.165, 1.54) is 0 Å². The molecule has 2 heterocycles. The van der Waals surface area contributed by atoms with Gasteiger partial charge >= 0.3 is 5.56 Å². The zero-order valence-electron chi connectivity index (χ0n) is 5.64. The predicted octanol–water partition coefficient (Wildman–Crippen LogP) is -1.02. The third-order valence-corrected chi connectivity index (χ3v) is 1.17. The fourth-order valence-electron chi connectivity index (χ4n) is 0.699. The number of hydrogen-bond acceptors (Lipinski definition) is 7. The Morgan fingerprint density at radius 1 is 1.67 bits per heavy atom. The van der Waals surface area contributed by atoms with Gasteiger partial charge in [-0.05, 0) is 5.16 Å². The standard InChI is InChI=1S/C4H4N4O4/c9-2-1-8(12-5-2)3-4(10)7-11-6-3/h1,5,9H,(H,7,10). The topological polar surface area (TPSA) is 104 Å². The molecule has 1 aromatic heterocycles. The average Bonchev–Trinajstić information content (AvgIpc) is 2.58. The van der Waals surface area contributed by atoms with E-state index in [1.54, 1.807) is 0 Å². The summed E-state index contributed by atoms with van der Waals surface area (Å²) >= 11 is 0. The first-order valence-corrected chi connectivity index (χ1v) is 2.95. The van der Waals surface area contributed by atoms with Crippen LogP contribution in [0.1, 0.15) is 0 Å². The van der Waals surface area contributed by atoms with Crippen LogP contribution < -0.4 is 16.1 Å². The zero-order valence-corrected chi connectivity index (χ0v) is 5.64. The van der Waals surface area contributed by atoms with Crippen molar-refractivity contribution in [1.29, 1.82) is 0 Å². The second kappa shape index (κ2) is 2.27. The van der Waals surface area contributed by atoms with Gasteiger partial charge in [0, 0.05) is 0 Å². The highest BCUT2D eigenvalue weighted by Crippen LogP contribution is 2.09. The molecule has 0 bridgehead atoms. The van der Waals surface area contributed by atoms with E-state index in [2.05, 4.69) is 20.2 Å². The summed E-state index contributed by atoms with van der Waals surface area (Å²) in [6.45, 7) is 0. The number of nitrogens with one attached hydrogen (secondary N) is 2. The van der Waals surface area contributed by atoms with Crippen LogP contribution in [0, 0.1) is 0 Å². The van der Waals surface area contributed by atoms with Gasteiger partial charge in [-0.2, -0.15) is 10.2 Å². The molecule has 12 heavy (non-hydrogen) atoms. The molecule has 0 aliphatic carbocycles. The van der Waals surface area contributed by atoms with E-state index >= 15 is 0 Å². The lowest BCUT2D eigenvalue weighted by atomic mass is 10.7. The van der Waals surface area contributed by atoms with Gasteiger partial charge in [-0.1, -0.05) is 0 Å². The van der Waals surface area contributed by atoms with Gasteiger partial charge in [0.2, 0.25) is 5.88 Å². The summed E-state index contributed by atoms with van der Waals surface area (Å²) in [5.74, 6) is -0.330. The van der Waals surface area contributed by atoms with Crippen molar-refractivity contribution < 1.29 is 14.7 Å². The normalized spacial score (nSPS) is 16.0. The number of aromatic nitrogens is 2. The van der Waals surface area contributed by atoms with Crippen LogP contribution in [0.3, 0.4) is 0 Å². The summed E-state index contributed by atoms with van der Waals surface area (Å²) in [7, 11) is 0. The lowest BCUT2D eigenvalue weighted by Crippen LogP contribution is -2.22. The van der Waals surface area contributed by atoms with Crippen LogP contribution in [0.5, 0.6) is 0 Å². The van der Waals surface area contributed by atoms with Crippen molar-refractivity contribution in [3.8, 4) is 0 Å². The van der Waals surface area contributed by atoms with E-state index in [0.717, 1.165) is 11.3 Å². The summed E-state index contributed by atoms with van der Waals surface area (Å²) in [5.41, 5.74) is 1.54. The van der Waals surface area contributed by atoms with Gasteiger partial charge in [-0.15, -0.1) is 4.94 Å². The number of aromatic amines is 1. The largest absolute Gasteiger partial charge is 0.492 e. The molecule has 0 saturated heterocycles. The molecule has 0 amide bonds. The molecule has 1 aliphatic rings. The molecule has 64 valence electrons. The quantitative estimate of drug-likeness (QED) is 0.497. The Balaban J connectivity index is 2.33. The Labute approximate surface area is 64.9 Å². The molecule has 0 saturated carbocycles. The molecule has 3 N–H and O–H groups in total. The van der Waals surface area contributed by atoms with E-state index in [4.69, 9.17) is 5.11 Å². The Bertz CT molecular complexity index is 365. The maximum absolute atomic E-state index is 10.8. The van der Waals surface area contributed by atoms with E-state index in [9.17, 15) is 4.79 Å².